The molecule has 6 aliphatic carbocycles. The Morgan fingerprint density at radius 3 is 1.36 bits per heavy atom. The maximum atomic E-state index is 12.2. The highest BCUT2D eigenvalue weighted by atomic mass is 16.3. The Labute approximate surface area is 335 Å². The number of nitrogens with zero attached hydrogens (tertiary/aromatic N) is 6. The number of amides is 4. The van der Waals surface area contributed by atoms with Crippen molar-refractivity contribution < 1.29 is 29.4 Å². The van der Waals surface area contributed by atoms with E-state index in [0.29, 0.717) is 60.7 Å². The number of carbonyl (C=O) groups is 4. The first-order valence-corrected chi connectivity index (χ1v) is 19.6. The first-order valence-electron chi connectivity index (χ1n) is 19.6. The van der Waals surface area contributed by atoms with E-state index >= 15 is 0 Å². The third kappa shape index (κ3) is 5.73. The smallest absolute Gasteiger partial charge is 0.284 e. The quantitative estimate of drug-likeness (QED) is 0.222. The summed E-state index contributed by atoms with van der Waals surface area (Å²) in [4.78, 5) is 60.1. The number of likely N-dealkylation sites (N-methyl/N-ethyl adjacent to an activating group) is 2. The van der Waals surface area contributed by atoms with Crippen molar-refractivity contribution in [2.45, 2.75) is 73.4 Å². The molecule has 58 heavy (non-hydrogen) atoms. The fourth-order valence-electron chi connectivity index (χ4n) is 9.66. The second-order valence-electron chi connectivity index (χ2n) is 16.7. The number of aromatic nitrogens is 4. The first kappa shape index (κ1) is 37.4. The van der Waals surface area contributed by atoms with Crippen molar-refractivity contribution >= 4 is 23.6 Å². The summed E-state index contributed by atoms with van der Waals surface area (Å²) in [6.07, 6.45) is 4.73. The van der Waals surface area contributed by atoms with Crippen molar-refractivity contribution in [3.63, 3.8) is 0 Å². The Hall–Kier alpha value is -6.22. The minimum atomic E-state index is -1.63. The van der Waals surface area contributed by atoms with E-state index < -0.39 is 23.0 Å². The molecular formula is C44H44N8O6. The molecule has 2 aromatic carbocycles. The molecule has 14 nitrogen and oxygen atoms in total. The van der Waals surface area contributed by atoms with Gasteiger partial charge in [-0.15, -0.1) is 0 Å². The molecule has 2 saturated heterocycles. The van der Waals surface area contributed by atoms with E-state index in [9.17, 15) is 29.4 Å². The molecule has 12 rings (SSSR count). The maximum Gasteiger partial charge on any atom is 0.284 e. The van der Waals surface area contributed by atoms with Gasteiger partial charge in [-0.2, -0.15) is 0 Å². The van der Waals surface area contributed by atoms with Crippen LogP contribution in [-0.2, 0) is 23.7 Å². The third-order valence-corrected chi connectivity index (χ3v) is 13.1. The van der Waals surface area contributed by atoms with Crippen LogP contribution in [0.25, 0.3) is 22.5 Å². The SMILES string of the molecule is CN1CC[C@@](O)(C#Cc2ccc3c(c2)-c2nc(C(N)=O)n(C)c2C2CC3C2)C1=O.CN1CC[C@](O)(C#Cc2ccc3c(c2)-c2nc(C(N)=O)n(C)c2C2CC3C2)C1=O. The van der Waals surface area contributed by atoms with Gasteiger partial charge in [-0.1, -0.05) is 35.8 Å². The van der Waals surface area contributed by atoms with Crippen molar-refractivity contribution in [3.8, 4) is 46.2 Å². The summed E-state index contributed by atoms with van der Waals surface area (Å²) in [5, 5.41) is 21.1. The monoisotopic (exact) mass is 780 g/mol. The molecule has 4 aromatic rings. The number of likely N-dealkylation sites (tertiary alicyclic amines) is 2. The summed E-state index contributed by atoms with van der Waals surface area (Å²) in [5.41, 5.74) is 17.2. The molecule has 0 spiro atoms. The van der Waals surface area contributed by atoms with Gasteiger partial charge in [-0.05, 0) is 72.9 Å². The number of benzene rings is 2. The van der Waals surface area contributed by atoms with E-state index in [1.807, 2.05) is 47.5 Å². The van der Waals surface area contributed by atoms with Gasteiger partial charge in [0.25, 0.3) is 23.6 Å². The average molecular weight is 781 g/mol. The Morgan fingerprint density at radius 2 is 1.03 bits per heavy atom. The Morgan fingerprint density at radius 1 is 0.655 bits per heavy atom. The van der Waals surface area contributed by atoms with Gasteiger partial charge < -0.3 is 40.6 Å². The predicted octanol–water partition coefficient (Wildman–Crippen LogP) is 2.21. The number of hydrogen-bond acceptors (Lipinski definition) is 8. The van der Waals surface area contributed by atoms with E-state index in [4.69, 9.17) is 11.5 Å². The van der Waals surface area contributed by atoms with Crippen LogP contribution in [0.3, 0.4) is 0 Å². The van der Waals surface area contributed by atoms with Gasteiger partial charge in [-0.3, -0.25) is 19.2 Å². The molecule has 4 bridgehead atoms. The lowest BCUT2D eigenvalue weighted by Crippen LogP contribution is -2.37. The molecule has 2 aromatic heterocycles. The molecule has 0 radical (unpaired) electrons. The minimum Gasteiger partial charge on any atom is -0.369 e. The third-order valence-electron chi connectivity index (χ3n) is 13.1. The van der Waals surface area contributed by atoms with Gasteiger partial charge in [0, 0.05) is 99.6 Å². The van der Waals surface area contributed by atoms with E-state index in [1.54, 1.807) is 14.1 Å². The number of nitrogens with two attached hydrogens (primary N) is 2. The Balaban J connectivity index is 0.000000150. The van der Waals surface area contributed by atoms with E-state index in [2.05, 4.69) is 45.8 Å². The molecule has 4 amide bonds. The molecule has 2 saturated carbocycles. The average Bonchev–Trinajstić information content (AvgIpc) is 3.72. The lowest BCUT2D eigenvalue weighted by atomic mass is 9.71. The second-order valence-corrected chi connectivity index (χ2v) is 16.7. The van der Waals surface area contributed by atoms with Crippen LogP contribution in [0, 0.1) is 23.7 Å². The number of carbonyl (C=O) groups excluding carboxylic acids is 4. The summed E-state index contributed by atoms with van der Waals surface area (Å²) in [6.45, 7) is 0.981. The molecule has 2 aliphatic heterocycles. The maximum absolute atomic E-state index is 12.2. The standard InChI is InChI=1S/2C22H22N4O3/c2*1-25-8-7-22(29,21(25)28)6-5-12-3-4-15-13-10-14(11-13)18-17(16(15)9-12)24-20(19(23)27)26(18)2/h2*3-4,9,13-14,29H,7-8,10-11H2,1-2H3,(H2,23,27)/t2*13?,14?,22-/m10/s1. The van der Waals surface area contributed by atoms with Crippen LogP contribution in [0.15, 0.2) is 36.4 Å². The normalized spacial score (nSPS) is 26.7. The molecule has 14 heteroatoms. The van der Waals surface area contributed by atoms with Crippen molar-refractivity contribution in [2.75, 3.05) is 27.2 Å². The van der Waals surface area contributed by atoms with Crippen molar-refractivity contribution in [1.82, 2.24) is 28.9 Å². The lowest BCUT2D eigenvalue weighted by Gasteiger charge is -2.34. The van der Waals surface area contributed by atoms with Gasteiger partial charge in [0.05, 0.1) is 11.4 Å². The van der Waals surface area contributed by atoms with E-state index in [1.165, 1.54) is 20.9 Å². The predicted molar refractivity (Wildman–Crippen MR) is 212 cm³/mol. The molecule has 6 N–H and O–H groups in total. The topological polar surface area (TPSA) is 203 Å². The summed E-state index contributed by atoms with van der Waals surface area (Å²) >= 11 is 0. The van der Waals surface area contributed by atoms with Crippen molar-refractivity contribution in [3.05, 3.63) is 81.7 Å². The zero-order chi connectivity index (χ0) is 41.0. The highest BCUT2D eigenvalue weighted by Crippen LogP contribution is 2.56. The summed E-state index contributed by atoms with van der Waals surface area (Å²) in [7, 11) is 7.00. The van der Waals surface area contributed by atoms with Crippen LogP contribution in [0.2, 0.25) is 0 Å². The number of imidazole rings is 2. The van der Waals surface area contributed by atoms with E-state index in [-0.39, 0.29) is 23.5 Å². The van der Waals surface area contributed by atoms with Crippen LogP contribution >= 0.6 is 0 Å². The molecule has 0 unspecified atom stereocenters. The molecule has 2 atom stereocenters. The number of rotatable bonds is 2. The number of aliphatic hydroxyl groups is 2. The Bertz CT molecular complexity index is 2450. The fraction of sp³-hybridized carbons (Fsp3) is 0.409. The highest BCUT2D eigenvalue weighted by molar-refractivity contribution is 5.93. The van der Waals surface area contributed by atoms with Gasteiger partial charge in [0.2, 0.25) is 11.2 Å². The zero-order valence-electron chi connectivity index (χ0n) is 32.8. The molecule has 8 aliphatic rings. The number of primary amides is 2. The van der Waals surface area contributed by atoms with Crippen LogP contribution in [-0.4, -0.2) is 101 Å². The van der Waals surface area contributed by atoms with Crippen LogP contribution in [0.4, 0.5) is 0 Å². The minimum absolute atomic E-state index is 0.261. The van der Waals surface area contributed by atoms with Gasteiger partial charge >= 0.3 is 0 Å². The second kappa shape index (κ2) is 13.2. The van der Waals surface area contributed by atoms with Gasteiger partial charge in [0.1, 0.15) is 0 Å². The van der Waals surface area contributed by atoms with E-state index in [0.717, 1.165) is 59.6 Å². The molecular weight excluding hydrogens is 737 g/mol. The first-order chi connectivity index (χ1) is 27.6. The number of hydrogen-bond donors (Lipinski definition) is 4. The lowest BCUT2D eigenvalue weighted by molar-refractivity contribution is -0.138. The van der Waals surface area contributed by atoms with Gasteiger partial charge in [-0.25, -0.2) is 9.97 Å². The van der Waals surface area contributed by atoms with Crippen molar-refractivity contribution in [1.29, 1.82) is 0 Å². The Kier molecular flexibility index (Phi) is 8.48. The molecule has 4 heterocycles. The van der Waals surface area contributed by atoms with Crippen LogP contribution in [0.5, 0.6) is 0 Å². The van der Waals surface area contributed by atoms with Crippen LogP contribution < -0.4 is 11.5 Å². The largest absolute Gasteiger partial charge is 0.369 e. The summed E-state index contributed by atoms with van der Waals surface area (Å²) in [5.74, 6) is 11.9. The van der Waals surface area contributed by atoms with Crippen LogP contribution in [0.1, 0.15) is 117 Å². The summed E-state index contributed by atoms with van der Waals surface area (Å²) < 4.78 is 3.64. The molecule has 296 valence electrons. The fourth-order valence-corrected chi connectivity index (χ4v) is 9.66. The zero-order valence-corrected chi connectivity index (χ0v) is 32.8. The highest BCUT2D eigenvalue weighted by Gasteiger charge is 2.45. The van der Waals surface area contributed by atoms with Crippen molar-refractivity contribution in [2.24, 2.45) is 25.6 Å². The van der Waals surface area contributed by atoms with Gasteiger partial charge in [0.15, 0.2) is 11.6 Å². The summed E-state index contributed by atoms with van der Waals surface area (Å²) in [6, 6.07) is 11.9. The molecule has 4 fully saturated rings.